The quantitative estimate of drug-likeness (QED) is 0.617. The number of benzene rings is 2. The van der Waals surface area contributed by atoms with Crippen molar-refractivity contribution in [1.29, 1.82) is 0 Å². The van der Waals surface area contributed by atoms with E-state index in [0.717, 1.165) is 20.1 Å². The highest BCUT2D eigenvalue weighted by Crippen LogP contribution is 2.41. The molecule has 0 radical (unpaired) electrons. The van der Waals surface area contributed by atoms with Crippen LogP contribution in [0.25, 0.3) is 10.2 Å². The molecule has 0 aliphatic carbocycles. The fraction of sp³-hybridized carbons (Fsp3) is 0.304. The molecule has 3 aromatic rings. The molecule has 9 heteroatoms. The highest BCUT2D eigenvalue weighted by atomic mass is 32.1. The first-order valence-corrected chi connectivity index (χ1v) is 11.2. The number of carbonyl (C=O) groups excluding carboxylic acids is 3. The second kappa shape index (κ2) is 7.59. The average Bonchev–Trinajstić information content (AvgIpc) is 3.34. The minimum atomic E-state index is -1.19. The van der Waals surface area contributed by atoms with Gasteiger partial charge in [0.2, 0.25) is 5.91 Å². The molecule has 1 fully saturated rings. The number of carbonyl (C=O) groups is 3. The van der Waals surface area contributed by atoms with Crippen molar-refractivity contribution in [3.05, 3.63) is 59.1 Å². The van der Waals surface area contributed by atoms with Crippen LogP contribution in [0.4, 0.5) is 4.79 Å². The third-order valence-corrected chi connectivity index (χ3v) is 7.40. The minimum Gasteiger partial charge on any atom is -0.493 e. The Bertz CT molecular complexity index is 1210. The van der Waals surface area contributed by atoms with E-state index in [9.17, 15) is 14.4 Å². The lowest BCUT2D eigenvalue weighted by atomic mass is 9.84. The van der Waals surface area contributed by atoms with Gasteiger partial charge in [-0.2, -0.15) is 0 Å². The van der Waals surface area contributed by atoms with Gasteiger partial charge in [-0.1, -0.05) is 30.3 Å². The third-order valence-electron chi connectivity index (χ3n) is 6.19. The topological polar surface area (TPSA) is 91.8 Å². The van der Waals surface area contributed by atoms with Crippen LogP contribution in [-0.2, 0) is 15.1 Å². The number of ether oxygens (including phenoxy) is 1. The van der Waals surface area contributed by atoms with E-state index in [4.69, 9.17) is 4.74 Å². The Labute approximate surface area is 188 Å². The lowest BCUT2D eigenvalue weighted by Gasteiger charge is -2.33. The predicted octanol–water partition coefficient (Wildman–Crippen LogP) is 3.05. The molecule has 1 aromatic heterocycles. The maximum atomic E-state index is 13.4. The van der Waals surface area contributed by atoms with Crippen molar-refractivity contribution >= 4 is 39.4 Å². The number of fused-ring (bicyclic) bond motifs is 3. The summed E-state index contributed by atoms with van der Waals surface area (Å²) in [7, 11) is 1.66. The Morgan fingerprint density at radius 3 is 2.81 bits per heavy atom. The third kappa shape index (κ3) is 3.12. The van der Waals surface area contributed by atoms with Gasteiger partial charge in [0.05, 0.1) is 22.9 Å². The fourth-order valence-electron chi connectivity index (χ4n) is 4.21. The van der Waals surface area contributed by atoms with Gasteiger partial charge in [0.1, 0.15) is 17.3 Å². The first-order chi connectivity index (χ1) is 15.4. The summed E-state index contributed by atoms with van der Waals surface area (Å²) >= 11 is 1.53. The normalized spacial score (nSPS) is 20.8. The number of thiazole rings is 1. The van der Waals surface area contributed by atoms with Gasteiger partial charge >= 0.3 is 6.03 Å². The number of imide groups is 1. The number of aromatic nitrogens is 1. The molecule has 3 heterocycles. The van der Waals surface area contributed by atoms with Crippen LogP contribution in [0.5, 0.6) is 5.75 Å². The monoisotopic (exact) mass is 450 g/mol. The van der Waals surface area contributed by atoms with E-state index < -0.39 is 17.5 Å². The molecule has 32 heavy (non-hydrogen) atoms. The number of nitrogens with one attached hydrogen (secondary N) is 1. The molecule has 1 spiro atoms. The van der Waals surface area contributed by atoms with Crippen LogP contribution >= 0.6 is 11.3 Å². The molecule has 2 unspecified atom stereocenters. The number of hydrogen-bond donors (Lipinski definition) is 1. The van der Waals surface area contributed by atoms with Gasteiger partial charge in [-0.15, -0.1) is 11.3 Å². The highest BCUT2D eigenvalue weighted by molar-refractivity contribution is 7.18. The van der Waals surface area contributed by atoms with Crippen molar-refractivity contribution in [1.82, 2.24) is 20.1 Å². The van der Waals surface area contributed by atoms with Crippen molar-refractivity contribution in [2.24, 2.45) is 0 Å². The summed E-state index contributed by atoms with van der Waals surface area (Å²) in [6.45, 7) is 1.86. The zero-order valence-electron chi connectivity index (χ0n) is 17.7. The van der Waals surface area contributed by atoms with Crippen molar-refractivity contribution in [3.8, 4) is 5.75 Å². The van der Waals surface area contributed by atoms with Crippen molar-refractivity contribution in [2.75, 3.05) is 20.2 Å². The molecule has 1 saturated heterocycles. The Hall–Kier alpha value is -3.46. The zero-order valence-corrected chi connectivity index (χ0v) is 18.5. The number of para-hydroxylation sites is 2. The summed E-state index contributed by atoms with van der Waals surface area (Å²) in [5.74, 6) is -0.188. The van der Waals surface area contributed by atoms with E-state index in [1.807, 2.05) is 37.3 Å². The highest BCUT2D eigenvalue weighted by Gasteiger charge is 2.55. The van der Waals surface area contributed by atoms with Gasteiger partial charge in [-0.05, 0) is 25.1 Å². The Balaban J connectivity index is 1.35. The number of amides is 4. The first-order valence-electron chi connectivity index (χ1n) is 10.4. The van der Waals surface area contributed by atoms with Crippen molar-refractivity contribution in [2.45, 2.75) is 24.9 Å². The first kappa shape index (κ1) is 20.4. The van der Waals surface area contributed by atoms with Gasteiger partial charge in [0, 0.05) is 19.0 Å². The van der Waals surface area contributed by atoms with E-state index in [-0.39, 0.29) is 18.5 Å². The second-order valence-corrected chi connectivity index (χ2v) is 9.08. The van der Waals surface area contributed by atoms with Crippen LogP contribution in [0.3, 0.4) is 0 Å². The summed E-state index contributed by atoms with van der Waals surface area (Å²) in [5.41, 5.74) is 0.314. The smallest absolute Gasteiger partial charge is 0.325 e. The van der Waals surface area contributed by atoms with Gasteiger partial charge < -0.3 is 15.0 Å². The van der Waals surface area contributed by atoms with Gasteiger partial charge in [-0.3, -0.25) is 14.5 Å². The van der Waals surface area contributed by atoms with Crippen molar-refractivity contribution < 1.29 is 19.1 Å². The molecular formula is C23H22N4O4S. The molecular weight excluding hydrogens is 428 g/mol. The summed E-state index contributed by atoms with van der Waals surface area (Å²) in [4.78, 5) is 46.3. The van der Waals surface area contributed by atoms with E-state index in [2.05, 4.69) is 10.3 Å². The number of hydrogen-bond acceptors (Lipinski definition) is 6. The molecule has 0 saturated carbocycles. The van der Waals surface area contributed by atoms with E-state index in [0.29, 0.717) is 24.3 Å². The Kier molecular flexibility index (Phi) is 4.85. The van der Waals surface area contributed by atoms with Crippen LogP contribution in [0.15, 0.2) is 48.5 Å². The van der Waals surface area contributed by atoms with Crippen LogP contribution in [0, 0.1) is 0 Å². The minimum absolute atomic E-state index is 0.293. The Morgan fingerprint density at radius 1 is 1.25 bits per heavy atom. The second-order valence-electron chi connectivity index (χ2n) is 8.02. The summed E-state index contributed by atoms with van der Waals surface area (Å²) in [6.07, 6.45) is 0.317. The fourth-order valence-corrected chi connectivity index (χ4v) is 5.28. The molecule has 1 N–H and O–H groups in total. The Morgan fingerprint density at radius 2 is 2.00 bits per heavy atom. The predicted molar refractivity (Wildman–Crippen MR) is 119 cm³/mol. The van der Waals surface area contributed by atoms with E-state index >= 15 is 0 Å². The van der Waals surface area contributed by atoms with Crippen LogP contribution in [-0.4, -0.2) is 52.8 Å². The number of rotatable bonds is 4. The average molecular weight is 451 g/mol. The zero-order chi connectivity index (χ0) is 22.5. The SMILES string of the molecule is CC(c1nc2ccccc2s1)N(C)C(=O)CN1C(=O)NC2(CCOc3ccccc32)C1=O. The summed E-state index contributed by atoms with van der Waals surface area (Å²) in [5, 5.41) is 3.62. The van der Waals surface area contributed by atoms with Gasteiger partial charge in [-0.25, -0.2) is 9.78 Å². The lowest BCUT2D eigenvalue weighted by Crippen LogP contribution is -2.48. The van der Waals surface area contributed by atoms with Gasteiger partial charge in [0.25, 0.3) is 5.91 Å². The molecule has 2 aliphatic rings. The lowest BCUT2D eigenvalue weighted by molar-refractivity contribution is -0.140. The molecule has 5 rings (SSSR count). The molecule has 2 atom stereocenters. The van der Waals surface area contributed by atoms with E-state index in [1.165, 1.54) is 16.2 Å². The van der Waals surface area contributed by atoms with E-state index in [1.54, 1.807) is 25.2 Å². The molecule has 4 amide bonds. The maximum absolute atomic E-state index is 13.4. The molecule has 2 aromatic carbocycles. The molecule has 8 nitrogen and oxygen atoms in total. The summed E-state index contributed by atoms with van der Waals surface area (Å²) in [6, 6.07) is 14.1. The van der Waals surface area contributed by atoms with Crippen molar-refractivity contribution in [3.63, 3.8) is 0 Å². The molecule has 2 aliphatic heterocycles. The van der Waals surface area contributed by atoms with Crippen LogP contribution in [0.1, 0.15) is 30.0 Å². The number of likely N-dealkylation sites (N-methyl/N-ethyl adjacent to an activating group) is 1. The van der Waals surface area contributed by atoms with Crippen LogP contribution in [0.2, 0.25) is 0 Å². The standard InChI is InChI=1S/C23H22N4O4S/c1-14(20-24-16-8-4-6-10-18(16)32-20)26(2)19(28)13-27-21(29)23(25-22(27)30)11-12-31-17-9-5-3-7-15(17)23/h3-10,14H,11-13H2,1-2H3,(H,25,30). The molecule has 164 valence electrons. The van der Waals surface area contributed by atoms with Crippen LogP contribution < -0.4 is 10.1 Å². The number of nitrogens with zero attached hydrogens (tertiary/aromatic N) is 3. The summed E-state index contributed by atoms with van der Waals surface area (Å²) < 4.78 is 6.70. The molecule has 0 bridgehead atoms. The largest absolute Gasteiger partial charge is 0.493 e. The number of urea groups is 1. The van der Waals surface area contributed by atoms with Gasteiger partial charge in [0.15, 0.2) is 5.54 Å². The maximum Gasteiger partial charge on any atom is 0.325 e.